The van der Waals surface area contributed by atoms with Crippen molar-refractivity contribution in [1.29, 1.82) is 0 Å². The van der Waals surface area contributed by atoms with Gasteiger partial charge in [0.1, 0.15) is 0 Å². The molecule has 0 heterocycles. The molecule has 0 aromatic rings. The highest BCUT2D eigenvalue weighted by Crippen LogP contribution is 2.18. The molecule has 0 amide bonds. The van der Waals surface area contributed by atoms with Gasteiger partial charge in [-0.15, -0.1) is 11.6 Å². The van der Waals surface area contributed by atoms with Gasteiger partial charge in [0.2, 0.25) is 0 Å². The molecule has 0 unspecified atom stereocenters. The van der Waals surface area contributed by atoms with Gasteiger partial charge >= 0.3 is 0 Å². The summed E-state index contributed by atoms with van der Waals surface area (Å²) in [7, 11) is 0. The Morgan fingerprint density at radius 2 is 2.62 bits per heavy atom. The molecular formula is C6H9ClO. The Morgan fingerprint density at radius 1 is 1.88 bits per heavy atom. The predicted molar refractivity (Wildman–Crippen MR) is 34.0 cm³/mol. The van der Waals surface area contributed by atoms with Crippen molar-refractivity contribution in [2.75, 3.05) is 5.88 Å². The van der Waals surface area contributed by atoms with E-state index < -0.39 is 0 Å². The SMILES string of the molecule is O[C@H]1CC=C(CCl)C1. The van der Waals surface area contributed by atoms with Crippen molar-refractivity contribution >= 4 is 11.6 Å². The van der Waals surface area contributed by atoms with Crippen LogP contribution in [0.1, 0.15) is 12.8 Å². The maximum Gasteiger partial charge on any atom is 0.0612 e. The molecule has 0 spiro atoms. The number of aliphatic hydroxyl groups excluding tert-OH is 1. The fraction of sp³-hybridized carbons (Fsp3) is 0.667. The molecule has 1 nitrogen and oxygen atoms in total. The second kappa shape index (κ2) is 2.51. The van der Waals surface area contributed by atoms with Gasteiger partial charge < -0.3 is 5.11 Å². The van der Waals surface area contributed by atoms with Crippen LogP contribution in [0.2, 0.25) is 0 Å². The number of hydrogen-bond acceptors (Lipinski definition) is 1. The van der Waals surface area contributed by atoms with E-state index in [-0.39, 0.29) is 6.10 Å². The molecule has 0 aromatic heterocycles. The minimum Gasteiger partial charge on any atom is -0.392 e. The van der Waals surface area contributed by atoms with Crippen molar-refractivity contribution in [3.05, 3.63) is 11.6 Å². The Morgan fingerprint density at radius 3 is 2.88 bits per heavy atom. The van der Waals surface area contributed by atoms with E-state index in [4.69, 9.17) is 16.7 Å². The molecule has 1 aliphatic carbocycles. The number of hydrogen-bond donors (Lipinski definition) is 1. The molecule has 2 heteroatoms. The predicted octanol–water partition coefficient (Wildman–Crippen LogP) is 1.31. The second-order valence-electron chi connectivity index (χ2n) is 2.09. The summed E-state index contributed by atoms with van der Waals surface area (Å²) in [5.74, 6) is 0.580. The topological polar surface area (TPSA) is 20.2 Å². The average molecular weight is 133 g/mol. The van der Waals surface area contributed by atoms with Crippen LogP contribution < -0.4 is 0 Å². The summed E-state index contributed by atoms with van der Waals surface area (Å²) in [6, 6.07) is 0. The van der Waals surface area contributed by atoms with Crippen LogP contribution in [0.5, 0.6) is 0 Å². The molecule has 0 fully saturated rings. The Bertz CT molecular complexity index is 109. The normalized spacial score (nSPS) is 28.2. The van der Waals surface area contributed by atoms with Gasteiger partial charge in [0.05, 0.1) is 6.10 Å². The van der Waals surface area contributed by atoms with E-state index in [2.05, 4.69) is 0 Å². The lowest BCUT2D eigenvalue weighted by molar-refractivity contribution is 0.188. The highest BCUT2D eigenvalue weighted by Gasteiger charge is 2.11. The molecule has 1 rings (SSSR count). The van der Waals surface area contributed by atoms with Crippen LogP contribution in [-0.4, -0.2) is 17.1 Å². The molecule has 0 radical (unpaired) electrons. The smallest absolute Gasteiger partial charge is 0.0612 e. The Hall–Kier alpha value is -0.0100. The maximum absolute atomic E-state index is 8.92. The summed E-state index contributed by atoms with van der Waals surface area (Å²) < 4.78 is 0. The zero-order valence-electron chi connectivity index (χ0n) is 4.60. The van der Waals surface area contributed by atoms with Crippen LogP contribution in [0.3, 0.4) is 0 Å². The van der Waals surface area contributed by atoms with E-state index in [9.17, 15) is 0 Å². The van der Waals surface area contributed by atoms with Crippen LogP contribution in [0.15, 0.2) is 11.6 Å². The average Bonchev–Trinajstić information content (AvgIpc) is 2.14. The molecule has 8 heavy (non-hydrogen) atoms. The van der Waals surface area contributed by atoms with Gasteiger partial charge in [-0.25, -0.2) is 0 Å². The van der Waals surface area contributed by atoms with Gasteiger partial charge in [0.25, 0.3) is 0 Å². The van der Waals surface area contributed by atoms with Crippen molar-refractivity contribution < 1.29 is 5.11 Å². The van der Waals surface area contributed by atoms with Gasteiger partial charge in [0.15, 0.2) is 0 Å². The first-order chi connectivity index (χ1) is 3.83. The Kier molecular flexibility index (Phi) is 1.92. The second-order valence-corrected chi connectivity index (χ2v) is 2.36. The first-order valence-electron chi connectivity index (χ1n) is 2.75. The molecule has 0 aromatic carbocycles. The lowest BCUT2D eigenvalue weighted by Gasteiger charge is -1.96. The molecule has 46 valence electrons. The monoisotopic (exact) mass is 132 g/mol. The van der Waals surface area contributed by atoms with Gasteiger partial charge in [0, 0.05) is 5.88 Å². The van der Waals surface area contributed by atoms with Gasteiger partial charge in [-0.1, -0.05) is 11.6 Å². The third-order valence-electron chi connectivity index (χ3n) is 1.35. The molecule has 1 N–H and O–H groups in total. The molecule has 1 aliphatic rings. The summed E-state index contributed by atoms with van der Waals surface area (Å²) in [4.78, 5) is 0. The van der Waals surface area contributed by atoms with Crippen molar-refractivity contribution in [2.24, 2.45) is 0 Å². The number of rotatable bonds is 1. The van der Waals surface area contributed by atoms with Crippen molar-refractivity contribution in [3.63, 3.8) is 0 Å². The van der Waals surface area contributed by atoms with Crippen LogP contribution in [-0.2, 0) is 0 Å². The molecule has 0 saturated carbocycles. The zero-order chi connectivity index (χ0) is 5.98. The summed E-state index contributed by atoms with van der Waals surface area (Å²) in [6.45, 7) is 0. The summed E-state index contributed by atoms with van der Waals surface area (Å²) in [5, 5.41) is 8.92. The molecule has 1 atom stereocenters. The van der Waals surface area contributed by atoms with Crippen LogP contribution in [0.4, 0.5) is 0 Å². The van der Waals surface area contributed by atoms with Crippen molar-refractivity contribution in [2.45, 2.75) is 18.9 Å². The number of alkyl halides is 1. The fourth-order valence-corrected chi connectivity index (χ4v) is 1.10. The van der Waals surface area contributed by atoms with Crippen molar-refractivity contribution in [3.8, 4) is 0 Å². The first-order valence-corrected chi connectivity index (χ1v) is 3.28. The molecule has 0 aliphatic heterocycles. The lowest BCUT2D eigenvalue weighted by atomic mass is 10.2. The van der Waals surface area contributed by atoms with Gasteiger partial charge in [-0.05, 0) is 12.8 Å². The van der Waals surface area contributed by atoms with E-state index >= 15 is 0 Å². The van der Waals surface area contributed by atoms with Crippen LogP contribution in [0.25, 0.3) is 0 Å². The molecular weight excluding hydrogens is 124 g/mol. The first kappa shape index (κ1) is 6.12. The third-order valence-corrected chi connectivity index (χ3v) is 1.69. The Balaban J connectivity index is 2.37. The number of aliphatic hydroxyl groups is 1. The quantitative estimate of drug-likeness (QED) is 0.421. The maximum atomic E-state index is 8.92. The largest absolute Gasteiger partial charge is 0.392 e. The standard InChI is InChI=1S/C6H9ClO/c7-4-5-1-2-6(8)3-5/h1,6,8H,2-4H2/t6-/m0/s1. The van der Waals surface area contributed by atoms with E-state index in [0.717, 1.165) is 12.8 Å². The fourth-order valence-electron chi connectivity index (χ4n) is 0.881. The lowest BCUT2D eigenvalue weighted by Crippen LogP contribution is -1.98. The number of halogens is 1. The molecule has 0 bridgehead atoms. The minimum absolute atomic E-state index is 0.149. The van der Waals surface area contributed by atoms with Crippen molar-refractivity contribution in [1.82, 2.24) is 0 Å². The van der Waals surface area contributed by atoms with Gasteiger partial charge in [-0.3, -0.25) is 0 Å². The molecule has 0 saturated heterocycles. The van der Waals surface area contributed by atoms with E-state index in [1.165, 1.54) is 5.57 Å². The van der Waals surface area contributed by atoms with E-state index in [1.807, 2.05) is 6.08 Å². The summed E-state index contributed by atoms with van der Waals surface area (Å²) in [6.07, 6.45) is 3.44. The zero-order valence-corrected chi connectivity index (χ0v) is 5.36. The van der Waals surface area contributed by atoms with E-state index in [0.29, 0.717) is 5.88 Å². The Labute approximate surface area is 54.0 Å². The van der Waals surface area contributed by atoms with Gasteiger partial charge in [-0.2, -0.15) is 0 Å². The van der Waals surface area contributed by atoms with Crippen LogP contribution in [0, 0.1) is 0 Å². The highest BCUT2D eigenvalue weighted by atomic mass is 35.5. The summed E-state index contributed by atoms with van der Waals surface area (Å²) in [5.41, 5.74) is 1.18. The van der Waals surface area contributed by atoms with E-state index in [1.54, 1.807) is 0 Å². The highest BCUT2D eigenvalue weighted by molar-refractivity contribution is 6.19. The van der Waals surface area contributed by atoms with Crippen LogP contribution >= 0.6 is 11.6 Å². The third kappa shape index (κ3) is 1.23. The minimum atomic E-state index is -0.149. The summed E-state index contributed by atoms with van der Waals surface area (Å²) >= 11 is 5.49.